The molecule has 0 unspecified atom stereocenters. The summed E-state index contributed by atoms with van der Waals surface area (Å²) in [7, 11) is 0. The Bertz CT molecular complexity index is 1520. The van der Waals surface area contributed by atoms with Gasteiger partial charge in [-0.1, -0.05) is 62.7 Å². The number of nitrogens with zero attached hydrogens (tertiary/aromatic N) is 4. The number of hydrogen-bond donors (Lipinski definition) is 5. The van der Waals surface area contributed by atoms with Crippen LogP contribution in [0.25, 0.3) is 0 Å². The minimum Gasteiger partial charge on any atom is -0.481 e. The number of carbonyl (C=O) groups excluding carboxylic acids is 5. The lowest BCUT2D eigenvalue weighted by atomic mass is 9.85. The summed E-state index contributed by atoms with van der Waals surface area (Å²) in [5, 5.41) is 30.5. The van der Waals surface area contributed by atoms with Gasteiger partial charge < -0.3 is 35.4 Å². The molecule has 4 amide bonds. The molecule has 0 radical (unpaired) electrons. The Kier molecular flexibility index (Phi) is 14.7. The van der Waals surface area contributed by atoms with Crippen molar-refractivity contribution in [3.63, 3.8) is 0 Å². The highest BCUT2D eigenvalue weighted by atomic mass is 35.5. The lowest BCUT2D eigenvalue weighted by Crippen LogP contribution is -2.60. The molecule has 3 rings (SSSR count). The van der Waals surface area contributed by atoms with Crippen molar-refractivity contribution in [1.29, 1.82) is 0 Å². The molecule has 0 aliphatic carbocycles. The molecule has 1 aromatic carbocycles. The Balaban J connectivity index is 1.74. The van der Waals surface area contributed by atoms with Gasteiger partial charge in [0.05, 0.1) is 13.0 Å². The molecule has 272 valence electrons. The lowest BCUT2D eigenvalue weighted by molar-refractivity contribution is -0.145. The minimum absolute atomic E-state index is 0.0970. The van der Waals surface area contributed by atoms with Crippen LogP contribution in [-0.4, -0.2) is 104 Å². The molecule has 0 saturated carbocycles. The number of H-pyrrole nitrogens is 1. The van der Waals surface area contributed by atoms with Crippen LogP contribution in [0.2, 0.25) is 0 Å². The van der Waals surface area contributed by atoms with Crippen LogP contribution in [0.5, 0.6) is 0 Å². The predicted octanol–water partition coefficient (Wildman–Crippen LogP) is 1.59. The molecule has 50 heavy (non-hydrogen) atoms. The lowest BCUT2D eigenvalue weighted by Gasteiger charge is -2.36. The number of halogens is 1. The fraction of sp³-hybridized carbons (Fsp3) is 0.531. The van der Waals surface area contributed by atoms with Crippen molar-refractivity contribution in [3.8, 4) is 0 Å². The number of hydrogen-bond acceptors (Lipinski definition) is 11. The van der Waals surface area contributed by atoms with Crippen LogP contribution in [-0.2, 0) is 46.5 Å². The molecule has 0 bridgehead atoms. The van der Waals surface area contributed by atoms with Crippen molar-refractivity contribution in [2.24, 2.45) is 5.41 Å². The number of likely N-dealkylation sites (tertiary alicyclic amines) is 1. The van der Waals surface area contributed by atoms with Gasteiger partial charge in [-0.15, -0.1) is 5.10 Å². The average Bonchev–Trinajstić information content (AvgIpc) is 3.77. The van der Waals surface area contributed by atoms with E-state index in [2.05, 4.69) is 36.6 Å². The number of amides is 4. The number of tetrazole rings is 1. The standard InChI is InChI=1S/C32H43ClN8O9/c1-5-49-30(47)21(33)16-20(13-14-24-37-39-40-38-24)34-28(45)23-12-9-15-41(23)29(46)26(32(2,3)4)36-27(44)22(17-25(42)43)35-31(48)50-18-19-10-7-6-8-11-19/h6-8,10-11,16,20,22-23,26H,5,9,12-15,17-18H2,1-4H3,(H,34,45)(H,35,48)(H,36,44)(H,42,43)(H,37,38,39,40)/b21-16-/t20-,22-,23+,26+/m0/s1. The molecule has 2 aromatic rings. The van der Waals surface area contributed by atoms with E-state index in [-0.39, 0.29) is 37.6 Å². The summed E-state index contributed by atoms with van der Waals surface area (Å²) in [5.74, 6) is -3.71. The van der Waals surface area contributed by atoms with E-state index in [4.69, 9.17) is 21.1 Å². The second kappa shape index (κ2) is 18.6. The summed E-state index contributed by atoms with van der Waals surface area (Å²) in [5.41, 5.74) is -0.220. The number of rotatable bonds is 16. The number of carboxylic acids is 1. The van der Waals surface area contributed by atoms with Crippen LogP contribution in [0, 0.1) is 5.41 Å². The quantitative estimate of drug-likeness (QED) is 0.123. The number of alkyl carbamates (subject to hydrolysis) is 1. The average molecular weight is 719 g/mol. The second-order valence-corrected chi connectivity index (χ2v) is 13.0. The van der Waals surface area contributed by atoms with Gasteiger partial charge in [-0.25, -0.2) is 14.7 Å². The Morgan fingerprint density at radius 1 is 1.10 bits per heavy atom. The molecular weight excluding hydrogens is 676 g/mol. The molecular formula is C32H43ClN8O9. The SMILES string of the molecule is CCOC(=O)/C(Cl)=C/[C@H](CCc1nnn[nH]1)NC(=O)[C@H]1CCCN1C(=O)[C@@H](NC(=O)[C@H](CC(=O)O)NC(=O)OCc1ccccc1)C(C)(C)C. The van der Waals surface area contributed by atoms with E-state index in [0.29, 0.717) is 24.2 Å². The van der Waals surface area contributed by atoms with Gasteiger partial charge in [-0.05, 0) is 53.7 Å². The number of carboxylic acid groups (broad SMARTS) is 1. The Hall–Kier alpha value is -5.06. The third kappa shape index (κ3) is 12.1. The molecule has 5 N–H and O–H groups in total. The Morgan fingerprint density at radius 3 is 2.44 bits per heavy atom. The molecule has 2 heterocycles. The van der Waals surface area contributed by atoms with Crippen molar-refractivity contribution < 1.29 is 43.3 Å². The molecule has 1 aromatic heterocycles. The zero-order chi connectivity index (χ0) is 36.8. The molecule has 4 atom stereocenters. The van der Waals surface area contributed by atoms with Gasteiger partial charge in [-0.3, -0.25) is 19.2 Å². The number of ether oxygens (including phenoxy) is 2. The van der Waals surface area contributed by atoms with E-state index in [1.54, 1.807) is 58.0 Å². The summed E-state index contributed by atoms with van der Waals surface area (Å²) in [6.45, 7) is 6.91. The number of esters is 1. The fourth-order valence-corrected chi connectivity index (χ4v) is 5.36. The van der Waals surface area contributed by atoms with E-state index >= 15 is 0 Å². The van der Waals surface area contributed by atoms with E-state index < -0.39 is 71.8 Å². The van der Waals surface area contributed by atoms with Gasteiger partial charge in [0.2, 0.25) is 17.7 Å². The van der Waals surface area contributed by atoms with Crippen molar-refractivity contribution in [1.82, 2.24) is 41.5 Å². The first kappa shape index (κ1) is 39.4. The normalized spacial score (nSPS) is 16.5. The zero-order valence-corrected chi connectivity index (χ0v) is 29.1. The number of carbonyl (C=O) groups is 6. The monoisotopic (exact) mass is 718 g/mol. The van der Waals surface area contributed by atoms with Gasteiger partial charge in [0.1, 0.15) is 35.6 Å². The van der Waals surface area contributed by atoms with Crippen molar-refractivity contribution in [2.75, 3.05) is 13.2 Å². The fourth-order valence-electron chi connectivity index (χ4n) is 5.15. The molecule has 1 aliphatic heterocycles. The maximum Gasteiger partial charge on any atom is 0.408 e. The van der Waals surface area contributed by atoms with Gasteiger partial charge in [0, 0.05) is 19.0 Å². The number of benzene rings is 1. The molecule has 18 heteroatoms. The predicted molar refractivity (Wildman–Crippen MR) is 177 cm³/mol. The Morgan fingerprint density at radius 2 is 1.82 bits per heavy atom. The van der Waals surface area contributed by atoms with Crippen LogP contribution in [0.1, 0.15) is 64.8 Å². The first-order chi connectivity index (χ1) is 23.7. The zero-order valence-electron chi connectivity index (χ0n) is 28.3. The first-order valence-electron chi connectivity index (χ1n) is 16.1. The number of aliphatic carboxylic acids is 1. The smallest absolute Gasteiger partial charge is 0.408 e. The van der Waals surface area contributed by atoms with E-state index in [1.165, 1.54) is 11.0 Å². The summed E-state index contributed by atoms with van der Waals surface area (Å²) in [6.07, 6.45) is 0.881. The van der Waals surface area contributed by atoms with Gasteiger partial charge in [0.15, 0.2) is 0 Å². The van der Waals surface area contributed by atoms with Gasteiger partial charge in [0.25, 0.3) is 0 Å². The van der Waals surface area contributed by atoms with Crippen molar-refractivity contribution in [3.05, 3.63) is 52.8 Å². The van der Waals surface area contributed by atoms with E-state index in [9.17, 15) is 33.9 Å². The summed E-state index contributed by atoms with van der Waals surface area (Å²) in [4.78, 5) is 78.8. The molecule has 17 nitrogen and oxygen atoms in total. The van der Waals surface area contributed by atoms with Gasteiger partial charge >= 0.3 is 18.0 Å². The number of aromatic amines is 1. The largest absolute Gasteiger partial charge is 0.481 e. The number of nitrogens with one attached hydrogen (secondary N) is 4. The number of aromatic nitrogens is 4. The van der Waals surface area contributed by atoms with E-state index in [1.807, 2.05) is 0 Å². The number of aryl methyl sites for hydroxylation is 1. The van der Waals surface area contributed by atoms with Crippen LogP contribution in [0.3, 0.4) is 0 Å². The Labute approximate surface area is 293 Å². The van der Waals surface area contributed by atoms with E-state index in [0.717, 1.165) is 0 Å². The summed E-state index contributed by atoms with van der Waals surface area (Å²) >= 11 is 6.17. The molecule has 1 fully saturated rings. The third-order valence-corrected chi connectivity index (χ3v) is 7.95. The molecule has 0 spiro atoms. The van der Waals surface area contributed by atoms with Crippen molar-refractivity contribution in [2.45, 2.75) is 90.6 Å². The highest BCUT2D eigenvalue weighted by Crippen LogP contribution is 2.26. The van der Waals surface area contributed by atoms with Crippen LogP contribution < -0.4 is 16.0 Å². The maximum atomic E-state index is 14.1. The van der Waals surface area contributed by atoms with Crippen LogP contribution in [0.15, 0.2) is 41.4 Å². The van der Waals surface area contributed by atoms with Crippen LogP contribution in [0.4, 0.5) is 4.79 Å². The minimum atomic E-state index is -1.57. The summed E-state index contributed by atoms with van der Waals surface area (Å²) in [6, 6.07) is 4.27. The van der Waals surface area contributed by atoms with Crippen molar-refractivity contribution >= 4 is 47.4 Å². The highest BCUT2D eigenvalue weighted by Gasteiger charge is 2.43. The first-order valence-corrected chi connectivity index (χ1v) is 16.4. The summed E-state index contributed by atoms with van der Waals surface area (Å²) < 4.78 is 10.1. The maximum absolute atomic E-state index is 14.1. The van der Waals surface area contributed by atoms with Gasteiger partial charge in [-0.2, -0.15) is 0 Å². The second-order valence-electron chi connectivity index (χ2n) is 12.6. The highest BCUT2D eigenvalue weighted by molar-refractivity contribution is 6.41. The molecule has 1 saturated heterocycles. The third-order valence-electron chi connectivity index (χ3n) is 7.67. The molecule has 1 aliphatic rings. The van der Waals surface area contributed by atoms with Crippen LogP contribution >= 0.6 is 11.6 Å². The topological polar surface area (TPSA) is 235 Å².